The zero-order valence-corrected chi connectivity index (χ0v) is 8.32. The Balaban J connectivity index is 3.34. The SMILES string of the molecule is N#CC(=Cc1ccccc1C(F)(F)F)C(=O)O. The molecule has 0 radical (unpaired) electrons. The van der Waals surface area contributed by atoms with E-state index in [1.807, 2.05) is 0 Å². The third-order valence-corrected chi connectivity index (χ3v) is 1.92. The van der Waals surface area contributed by atoms with Crippen molar-refractivity contribution in [1.82, 2.24) is 0 Å². The largest absolute Gasteiger partial charge is 0.477 e. The number of aliphatic carboxylic acids is 1. The lowest BCUT2D eigenvalue weighted by molar-refractivity contribution is -0.138. The van der Waals surface area contributed by atoms with Gasteiger partial charge in [-0.25, -0.2) is 4.79 Å². The van der Waals surface area contributed by atoms with Gasteiger partial charge in [0.1, 0.15) is 11.6 Å². The summed E-state index contributed by atoms with van der Waals surface area (Å²) < 4.78 is 37.6. The van der Waals surface area contributed by atoms with E-state index in [-0.39, 0.29) is 5.56 Å². The van der Waals surface area contributed by atoms with Gasteiger partial charge in [-0.05, 0) is 17.7 Å². The van der Waals surface area contributed by atoms with Gasteiger partial charge >= 0.3 is 12.1 Å². The van der Waals surface area contributed by atoms with E-state index >= 15 is 0 Å². The summed E-state index contributed by atoms with van der Waals surface area (Å²) in [4.78, 5) is 10.5. The minimum Gasteiger partial charge on any atom is -0.477 e. The van der Waals surface area contributed by atoms with Crippen molar-refractivity contribution in [2.75, 3.05) is 0 Å². The molecule has 0 unspecified atom stereocenters. The molecule has 0 saturated heterocycles. The minimum absolute atomic E-state index is 0.348. The van der Waals surface area contributed by atoms with Crippen LogP contribution in [0.5, 0.6) is 0 Å². The second-order valence-corrected chi connectivity index (χ2v) is 3.06. The smallest absolute Gasteiger partial charge is 0.416 e. The molecule has 0 saturated carbocycles. The van der Waals surface area contributed by atoms with Crippen LogP contribution in [-0.4, -0.2) is 11.1 Å². The molecule has 1 N–H and O–H groups in total. The Morgan fingerprint density at radius 3 is 2.41 bits per heavy atom. The lowest BCUT2D eigenvalue weighted by Crippen LogP contribution is -2.07. The van der Waals surface area contributed by atoms with E-state index in [2.05, 4.69) is 0 Å². The van der Waals surface area contributed by atoms with Gasteiger partial charge in [-0.15, -0.1) is 0 Å². The summed E-state index contributed by atoms with van der Waals surface area (Å²) in [6, 6.07) is 5.76. The zero-order valence-electron chi connectivity index (χ0n) is 8.32. The Labute approximate surface area is 94.4 Å². The van der Waals surface area contributed by atoms with Crippen LogP contribution >= 0.6 is 0 Å². The second kappa shape index (κ2) is 4.70. The van der Waals surface area contributed by atoms with Gasteiger partial charge in [0.2, 0.25) is 0 Å². The van der Waals surface area contributed by atoms with Crippen LogP contribution in [0.2, 0.25) is 0 Å². The number of halogens is 3. The first-order chi connectivity index (χ1) is 7.86. The fourth-order valence-corrected chi connectivity index (χ4v) is 1.18. The number of alkyl halides is 3. The molecule has 1 aromatic rings. The highest BCUT2D eigenvalue weighted by Crippen LogP contribution is 2.32. The fraction of sp³-hybridized carbons (Fsp3) is 0.0909. The molecular weight excluding hydrogens is 235 g/mol. The molecule has 6 heteroatoms. The number of carbonyl (C=O) groups is 1. The summed E-state index contributed by atoms with van der Waals surface area (Å²) in [6.45, 7) is 0. The number of nitrogens with zero attached hydrogens (tertiary/aromatic N) is 1. The number of nitriles is 1. The van der Waals surface area contributed by atoms with E-state index in [1.165, 1.54) is 18.2 Å². The first-order valence-electron chi connectivity index (χ1n) is 4.37. The van der Waals surface area contributed by atoms with Gasteiger partial charge in [0, 0.05) is 0 Å². The maximum absolute atomic E-state index is 12.5. The van der Waals surface area contributed by atoms with Gasteiger partial charge in [-0.1, -0.05) is 18.2 Å². The lowest BCUT2D eigenvalue weighted by Gasteiger charge is -2.09. The van der Waals surface area contributed by atoms with E-state index in [1.54, 1.807) is 0 Å². The van der Waals surface area contributed by atoms with Crippen LogP contribution in [0, 0.1) is 11.3 Å². The molecule has 0 aromatic heterocycles. The predicted molar refractivity (Wildman–Crippen MR) is 52.7 cm³/mol. The number of hydrogen-bond acceptors (Lipinski definition) is 2. The molecule has 3 nitrogen and oxygen atoms in total. The molecule has 88 valence electrons. The molecule has 1 aromatic carbocycles. The third kappa shape index (κ3) is 3.08. The Morgan fingerprint density at radius 2 is 1.94 bits per heavy atom. The highest BCUT2D eigenvalue weighted by Gasteiger charge is 2.32. The van der Waals surface area contributed by atoms with Gasteiger partial charge in [0.15, 0.2) is 0 Å². The summed E-state index contributed by atoms with van der Waals surface area (Å²) in [5.74, 6) is -1.57. The van der Waals surface area contributed by atoms with Crippen molar-refractivity contribution in [2.24, 2.45) is 0 Å². The Bertz CT molecular complexity index is 512. The van der Waals surface area contributed by atoms with Crippen LogP contribution < -0.4 is 0 Å². The number of carboxylic acid groups (broad SMARTS) is 1. The van der Waals surface area contributed by atoms with E-state index in [0.717, 1.165) is 12.1 Å². The van der Waals surface area contributed by atoms with Gasteiger partial charge in [-0.2, -0.15) is 18.4 Å². The second-order valence-electron chi connectivity index (χ2n) is 3.06. The van der Waals surface area contributed by atoms with Crippen LogP contribution in [0.3, 0.4) is 0 Å². The van der Waals surface area contributed by atoms with Crippen LogP contribution in [0.25, 0.3) is 6.08 Å². The number of carboxylic acids is 1. The van der Waals surface area contributed by atoms with E-state index in [4.69, 9.17) is 10.4 Å². The minimum atomic E-state index is -4.59. The van der Waals surface area contributed by atoms with E-state index in [0.29, 0.717) is 6.08 Å². The molecule has 1 rings (SSSR count). The van der Waals surface area contributed by atoms with Crippen molar-refractivity contribution in [3.63, 3.8) is 0 Å². The summed E-state index contributed by atoms with van der Waals surface area (Å²) >= 11 is 0. The topological polar surface area (TPSA) is 61.1 Å². The normalized spacial score (nSPS) is 12.0. The van der Waals surface area contributed by atoms with Gasteiger partial charge in [0.05, 0.1) is 5.56 Å². The predicted octanol–water partition coefficient (Wildman–Crippen LogP) is 2.70. The number of benzene rings is 1. The summed E-state index contributed by atoms with van der Waals surface area (Å²) in [5, 5.41) is 17.0. The molecule has 0 aliphatic carbocycles. The summed E-state index contributed by atoms with van der Waals surface area (Å²) in [6.07, 6.45) is -3.89. The van der Waals surface area contributed by atoms with Gasteiger partial charge < -0.3 is 5.11 Å². The molecule has 0 aliphatic rings. The molecule has 0 bridgehead atoms. The van der Waals surface area contributed by atoms with Crippen LogP contribution in [0.4, 0.5) is 13.2 Å². The highest BCUT2D eigenvalue weighted by atomic mass is 19.4. The monoisotopic (exact) mass is 241 g/mol. The van der Waals surface area contributed by atoms with Crippen molar-refractivity contribution < 1.29 is 23.1 Å². The lowest BCUT2D eigenvalue weighted by atomic mass is 10.0. The van der Waals surface area contributed by atoms with Gasteiger partial charge in [-0.3, -0.25) is 0 Å². The molecule has 0 aliphatic heterocycles. The highest BCUT2D eigenvalue weighted by molar-refractivity contribution is 5.96. The van der Waals surface area contributed by atoms with E-state index < -0.39 is 23.3 Å². The first-order valence-corrected chi connectivity index (χ1v) is 4.37. The van der Waals surface area contributed by atoms with E-state index in [9.17, 15) is 18.0 Å². The third-order valence-electron chi connectivity index (χ3n) is 1.92. The van der Waals surface area contributed by atoms with Crippen molar-refractivity contribution in [2.45, 2.75) is 6.18 Å². The molecule has 0 atom stereocenters. The average molecular weight is 241 g/mol. The number of rotatable bonds is 2. The number of hydrogen-bond donors (Lipinski definition) is 1. The molecule has 0 spiro atoms. The van der Waals surface area contributed by atoms with Gasteiger partial charge in [0.25, 0.3) is 0 Å². The zero-order chi connectivity index (χ0) is 13.1. The van der Waals surface area contributed by atoms with Crippen molar-refractivity contribution >= 4 is 12.0 Å². The Morgan fingerprint density at radius 1 is 1.35 bits per heavy atom. The van der Waals surface area contributed by atoms with Crippen LogP contribution in [0.15, 0.2) is 29.8 Å². The Hall–Kier alpha value is -2.29. The maximum atomic E-state index is 12.5. The quantitative estimate of drug-likeness (QED) is 0.639. The molecule has 0 amide bonds. The summed E-state index contributed by atoms with van der Waals surface area (Å²) in [5.41, 5.74) is -2.07. The first kappa shape index (κ1) is 12.8. The van der Waals surface area contributed by atoms with Crippen molar-refractivity contribution in [1.29, 1.82) is 5.26 Å². The maximum Gasteiger partial charge on any atom is 0.416 e. The average Bonchev–Trinajstić information content (AvgIpc) is 2.24. The van der Waals surface area contributed by atoms with Crippen molar-refractivity contribution in [3.05, 3.63) is 41.0 Å². The van der Waals surface area contributed by atoms with Crippen LogP contribution in [-0.2, 0) is 11.0 Å². The molecular formula is C11H6F3NO2. The fourth-order valence-electron chi connectivity index (χ4n) is 1.18. The molecule has 17 heavy (non-hydrogen) atoms. The standard InChI is InChI=1S/C11H6F3NO2/c12-11(13,14)9-4-2-1-3-7(9)5-8(6-15)10(16)17/h1-5H,(H,16,17). The van der Waals surface area contributed by atoms with Crippen LogP contribution in [0.1, 0.15) is 11.1 Å². The van der Waals surface area contributed by atoms with Crippen molar-refractivity contribution in [3.8, 4) is 6.07 Å². The molecule has 0 fully saturated rings. The summed E-state index contributed by atoms with van der Waals surface area (Å²) in [7, 11) is 0. The Kier molecular flexibility index (Phi) is 3.53. The molecule has 0 heterocycles.